The first-order valence-corrected chi connectivity index (χ1v) is 26.3. The molecule has 19 heteroatoms. The van der Waals surface area contributed by atoms with E-state index in [2.05, 4.69) is 33.6 Å². The van der Waals surface area contributed by atoms with Crippen molar-refractivity contribution in [1.82, 2.24) is 38.9 Å². The van der Waals surface area contributed by atoms with Gasteiger partial charge in [0.05, 0.1) is 16.6 Å². The van der Waals surface area contributed by atoms with Crippen molar-refractivity contribution in [3.05, 3.63) is 139 Å². The number of carboxylic acids is 1. The second-order valence-electron chi connectivity index (χ2n) is 20.5. The maximum atomic E-state index is 15.0. The average Bonchev–Trinajstić information content (AvgIpc) is 3.40. The van der Waals surface area contributed by atoms with Crippen molar-refractivity contribution < 1.29 is 27.5 Å². The van der Waals surface area contributed by atoms with Gasteiger partial charge in [-0.25, -0.2) is 32.3 Å². The zero-order valence-corrected chi connectivity index (χ0v) is 42.9. The van der Waals surface area contributed by atoms with Crippen LogP contribution in [0.15, 0.2) is 88.5 Å². The standard InChI is InChI=1S/C32H33F2N5O3.C24H26ClF2N5O/c1-19-10-14-37(15-11-19)22-12-16-38(17-13-22)32-35-28(24-18-21(31(41)42)7-6-20(24)2)23-8-9-27(40)39(30(23)36-32)29-25(33)4-3-5-26(29)34;1-15-7-11-30(12-8-15)16-9-13-31(14-10-16)24-28-22(25)17-5-6-20(33)32(23(17)29-24)21-18(26)3-2-4-19(21)27/h3-9,18-19,22H,10-17H2,1-2H3,(H,41,42);2-6,15-16H,7-14H2,1H3. The highest BCUT2D eigenvalue weighted by molar-refractivity contribution is 6.34. The summed E-state index contributed by atoms with van der Waals surface area (Å²) in [5.41, 5.74) is -0.292. The summed E-state index contributed by atoms with van der Waals surface area (Å²) in [5, 5.41) is 10.6. The van der Waals surface area contributed by atoms with Crippen LogP contribution in [0, 0.1) is 42.0 Å². The normalized spacial score (nSPS) is 17.9. The number of aromatic carboxylic acids is 1. The number of carbonyl (C=O) groups is 1. The van der Waals surface area contributed by atoms with Crippen molar-refractivity contribution in [3.8, 4) is 22.6 Å². The average molecular weight is 1050 g/mol. The quantitative estimate of drug-likeness (QED) is 0.114. The first kappa shape index (κ1) is 51.7. The molecule has 8 heterocycles. The SMILES string of the molecule is CC1CCN(C2CCN(c3nc(Cl)c4ccc(=O)n(-c5c(F)cccc5F)c4n3)CC2)CC1.Cc1ccc(C(=O)O)cc1-c1nc(N2CCC(N3CCC(C)CC3)CC2)nc2c1ccc(=O)n2-c1c(F)cccc1F. The molecule has 392 valence electrons. The fourth-order valence-electron chi connectivity index (χ4n) is 11.2. The van der Waals surface area contributed by atoms with Crippen LogP contribution in [-0.4, -0.2) is 114 Å². The van der Waals surface area contributed by atoms with E-state index >= 15 is 8.78 Å². The zero-order valence-electron chi connectivity index (χ0n) is 42.2. The largest absolute Gasteiger partial charge is 0.478 e. The van der Waals surface area contributed by atoms with E-state index in [0.717, 1.165) is 116 Å². The highest BCUT2D eigenvalue weighted by Gasteiger charge is 2.32. The van der Waals surface area contributed by atoms with Gasteiger partial charge in [0.1, 0.15) is 39.8 Å². The Hall–Kier alpha value is -6.76. The fourth-order valence-corrected chi connectivity index (χ4v) is 11.4. The highest BCUT2D eigenvalue weighted by Crippen LogP contribution is 2.35. The molecule has 0 aliphatic carbocycles. The molecule has 0 amide bonds. The molecular formula is C56H59ClF4N10O4. The number of benzene rings is 3. The van der Waals surface area contributed by atoms with Crippen molar-refractivity contribution in [2.45, 2.75) is 84.2 Å². The molecule has 0 saturated carbocycles. The van der Waals surface area contributed by atoms with Crippen LogP contribution in [-0.2, 0) is 0 Å². The Labute approximate surface area is 436 Å². The third-order valence-corrected chi connectivity index (χ3v) is 15.9. The minimum Gasteiger partial charge on any atom is -0.478 e. The van der Waals surface area contributed by atoms with E-state index in [1.165, 1.54) is 74.2 Å². The number of para-hydroxylation sites is 2. The summed E-state index contributed by atoms with van der Waals surface area (Å²) < 4.78 is 61.1. The summed E-state index contributed by atoms with van der Waals surface area (Å²) in [6, 6.07) is 18.1. The number of pyridine rings is 2. The Bertz CT molecular complexity index is 3360. The number of aromatic nitrogens is 6. The van der Waals surface area contributed by atoms with Crippen LogP contribution in [0.25, 0.3) is 44.7 Å². The molecule has 4 saturated heterocycles. The van der Waals surface area contributed by atoms with Crippen LogP contribution in [0.4, 0.5) is 29.5 Å². The monoisotopic (exact) mass is 1050 g/mol. The first-order valence-electron chi connectivity index (χ1n) is 25.9. The number of anilines is 2. The molecule has 0 spiro atoms. The van der Waals surface area contributed by atoms with Gasteiger partial charge in [0, 0.05) is 61.3 Å². The number of fused-ring (bicyclic) bond motifs is 2. The van der Waals surface area contributed by atoms with Crippen molar-refractivity contribution in [1.29, 1.82) is 0 Å². The molecule has 7 aromatic rings. The lowest BCUT2D eigenvalue weighted by molar-refractivity contribution is 0.0697. The number of nitrogens with zero attached hydrogens (tertiary/aromatic N) is 10. The number of likely N-dealkylation sites (tertiary alicyclic amines) is 2. The van der Waals surface area contributed by atoms with E-state index in [4.69, 9.17) is 21.6 Å². The third kappa shape index (κ3) is 10.6. The summed E-state index contributed by atoms with van der Waals surface area (Å²) >= 11 is 6.45. The molecule has 14 nitrogen and oxygen atoms in total. The third-order valence-electron chi connectivity index (χ3n) is 15.7. The molecule has 75 heavy (non-hydrogen) atoms. The maximum Gasteiger partial charge on any atom is 0.335 e. The van der Waals surface area contributed by atoms with Gasteiger partial charge in [-0.1, -0.05) is 43.6 Å². The van der Waals surface area contributed by atoms with Gasteiger partial charge in [0.2, 0.25) is 11.9 Å². The molecule has 4 aromatic heterocycles. The van der Waals surface area contributed by atoms with Gasteiger partial charge in [0.15, 0.2) is 11.3 Å². The number of hydrogen-bond donors (Lipinski definition) is 1. The number of hydrogen-bond acceptors (Lipinski definition) is 11. The summed E-state index contributed by atoms with van der Waals surface area (Å²) in [6.45, 7) is 13.8. The van der Waals surface area contributed by atoms with Gasteiger partial charge in [-0.3, -0.25) is 18.7 Å². The van der Waals surface area contributed by atoms with E-state index in [1.807, 2.05) is 16.7 Å². The molecule has 0 unspecified atom stereocenters. The number of carboxylic acid groups (broad SMARTS) is 1. The van der Waals surface area contributed by atoms with Crippen LogP contribution in [0.5, 0.6) is 0 Å². The minimum absolute atomic E-state index is 0.0544. The van der Waals surface area contributed by atoms with E-state index in [1.54, 1.807) is 6.07 Å². The summed E-state index contributed by atoms with van der Waals surface area (Å²) in [5.74, 6) is -2.32. The number of rotatable bonds is 8. The molecule has 4 aliphatic rings. The predicted molar refractivity (Wildman–Crippen MR) is 283 cm³/mol. The Morgan fingerprint density at radius 3 is 1.44 bits per heavy atom. The maximum absolute atomic E-state index is 15.0. The topological polar surface area (TPSA) is 146 Å². The van der Waals surface area contributed by atoms with E-state index in [-0.39, 0.29) is 22.0 Å². The second kappa shape index (κ2) is 21.8. The van der Waals surface area contributed by atoms with Crippen LogP contribution in [0.1, 0.15) is 81.1 Å². The molecule has 0 bridgehead atoms. The Balaban J connectivity index is 0.000000176. The van der Waals surface area contributed by atoms with Crippen molar-refractivity contribution in [3.63, 3.8) is 0 Å². The van der Waals surface area contributed by atoms with E-state index in [0.29, 0.717) is 59.1 Å². The lowest BCUT2D eigenvalue weighted by Gasteiger charge is -2.41. The molecule has 0 atom stereocenters. The van der Waals surface area contributed by atoms with Gasteiger partial charge in [-0.15, -0.1) is 0 Å². The molecule has 1 N–H and O–H groups in total. The van der Waals surface area contributed by atoms with Crippen molar-refractivity contribution >= 4 is 51.5 Å². The van der Waals surface area contributed by atoms with Gasteiger partial charge >= 0.3 is 5.97 Å². The Kier molecular flexibility index (Phi) is 15.1. The van der Waals surface area contributed by atoms with Crippen LogP contribution >= 0.6 is 11.6 Å². The molecule has 11 rings (SSSR count). The van der Waals surface area contributed by atoms with Crippen molar-refractivity contribution in [2.24, 2.45) is 11.8 Å². The van der Waals surface area contributed by atoms with Gasteiger partial charge < -0.3 is 24.7 Å². The van der Waals surface area contributed by atoms with E-state index < -0.39 is 51.7 Å². The van der Waals surface area contributed by atoms with Crippen LogP contribution < -0.4 is 20.9 Å². The highest BCUT2D eigenvalue weighted by atomic mass is 35.5. The Morgan fingerprint density at radius 1 is 0.560 bits per heavy atom. The fraction of sp³-hybridized carbons (Fsp3) is 0.411. The predicted octanol–water partition coefficient (Wildman–Crippen LogP) is 9.85. The minimum atomic E-state index is -1.09. The van der Waals surface area contributed by atoms with E-state index in [9.17, 15) is 28.3 Å². The Morgan fingerprint density at radius 2 is 0.987 bits per heavy atom. The van der Waals surface area contributed by atoms with Gasteiger partial charge in [-0.2, -0.15) is 9.97 Å². The van der Waals surface area contributed by atoms with Gasteiger partial charge in [-0.05, 0) is 150 Å². The lowest BCUT2D eigenvalue weighted by Crippen LogP contribution is -2.48. The molecule has 3 aromatic carbocycles. The molecule has 0 radical (unpaired) electrons. The second-order valence-corrected chi connectivity index (χ2v) is 20.9. The number of aryl methyl sites for hydroxylation is 1. The summed E-state index contributed by atoms with van der Waals surface area (Å²) in [6.07, 6.45) is 8.70. The molecule has 4 aliphatic heterocycles. The van der Waals surface area contributed by atoms with Crippen LogP contribution in [0.3, 0.4) is 0 Å². The van der Waals surface area contributed by atoms with Crippen LogP contribution in [0.2, 0.25) is 5.15 Å². The summed E-state index contributed by atoms with van der Waals surface area (Å²) in [4.78, 5) is 65.7. The lowest BCUT2D eigenvalue weighted by atomic mass is 9.95. The first-order chi connectivity index (χ1) is 36.1. The summed E-state index contributed by atoms with van der Waals surface area (Å²) in [7, 11) is 0. The zero-order chi connectivity index (χ0) is 52.7. The smallest absolute Gasteiger partial charge is 0.335 e. The molecule has 4 fully saturated rings. The number of halogens is 5. The number of piperidine rings is 4. The molecular weight excluding hydrogens is 988 g/mol. The van der Waals surface area contributed by atoms with Crippen molar-refractivity contribution in [2.75, 3.05) is 62.2 Å². The van der Waals surface area contributed by atoms with Gasteiger partial charge in [0.25, 0.3) is 11.1 Å².